The summed E-state index contributed by atoms with van der Waals surface area (Å²) >= 11 is 0. The lowest BCUT2D eigenvalue weighted by atomic mass is 10.0. The van der Waals surface area contributed by atoms with Gasteiger partial charge in [-0.25, -0.2) is 9.97 Å². The minimum absolute atomic E-state index is 0.587. The Balaban J connectivity index is 0.989. The Morgan fingerprint density at radius 3 is 1.62 bits per heavy atom. The molecule has 0 bridgehead atoms. The second kappa shape index (κ2) is 12.4. The molecule has 0 saturated heterocycles. The molecule has 0 atom stereocenters. The Hall–Kier alpha value is -7.05. The van der Waals surface area contributed by atoms with E-state index in [0.29, 0.717) is 11.8 Å². The Kier molecular flexibility index (Phi) is 7.10. The summed E-state index contributed by atoms with van der Waals surface area (Å²) in [4.78, 5) is 16.7. The van der Waals surface area contributed by atoms with Crippen LogP contribution >= 0.6 is 0 Å². The minimum atomic E-state index is 0.587. The van der Waals surface area contributed by atoms with Crippen LogP contribution in [0.25, 0.3) is 56.2 Å². The standard InChI is InChI=1S/C46H30N4O2/c1-2-8-30(9-3-1)34-20-27-44-42(28-34)49-46(52-44)33-18-25-38(26-19-33)50(36-21-14-31(15-22-36)41-29-35-10-4-5-11-39(35)47-41)37-23-16-32(17-24-37)45-48-40-12-6-7-13-43(40)51-45/h1-28H,29H2. The quantitative estimate of drug-likeness (QED) is 0.169. The van der Waals surface area contributed by atoms with E-state index in [1.807, 2.05) is 54.6 Å². The molecule has 0 radical (unpaired) electrons. The van der Waals surface area contributed by atoms with Crippen LogP contribution in [0.15, 0.2) is 184 Å². The van der Waals surface area contributed by atoms with Crippen molar-refractivity contribution in [2.75, 3.05) is 4.90 Å². The van der Waals surface area contributed by atoms with Gasteiger partial charge in [0.25, 0.3) is 0 Å². The lowest BCUT2D eigenvalue weighted by Crippen LogP contribution is -2.10. The maximum atomic E-state index is 6.23. The molecule has 3 heterocycles. The van der Waals surface area contributed by atoms with Gasteiger partial charge >= 0.3 is 0 Å². The molecule has 52 heavy (non-hydrogen) atoms. The van der Waals surface area contributed by atoms with E-state index in [4.69, 9.17) is 23.8 Å². The van der Waals surface area contributed by atoms with Crippen molar-refractivity contribution in [3.8, 4) is 34.0 Å². The number of fused-ring (bicyclic) bond motifs is 3. The predicted molar refractivity (Wildman–Crippen MR) is 209 cm³/mol. The third-order valence-corrected chi connectivity index (χ3v) is 9.60. The summed E-state index contributed by atoms with van der Waals surface area (Å²) in [6, 6.07) is 58.0. The zero-order valence-corrected chi connectivity index (χ0v) is 28.0. The number of oxazole rings is 2. The molecule has 1 aliphatic rings. The van der Waals surface area contributed by atoms with Gasteiger partial charge in [0.2, 0.25) is 11.8 Å². The number of nitrogens with zero attached hydrogens (tertiary/aromatic N) is 4. The van der Waals surface area contributed by atoms with Crippen molar-refractivity contribution in [1.82, 2.24) is 9.97 Å². The second-order valence-corrected chi connectivity index (χ2v) is 12.9. The van der Waals surface area contributed by atoms with Crippen LogP contribution in [0.4, 0.5) is 22.7 Å². The van der Waals surface area contributed by atoms with E-state index in [2.05, 4.69) is 120 Å². The molecular formula is C46H30N4O2. The summed E-state index contributed by atoms with van der Waals surface area (Å²) < 4.78 is 12.3. The lowest BCUT2D eigenvalue weighted by Gasteiger charge is -2.26. The fourth-order valence-corrected chi connectivity index (χ4v) is 6.91. The van der Waals surface area contributed by atoms with E-state index in [9.17, 15) is 0 Å². The molecule has 0 aliphatic carbocycles. The van der Waals surface area contributed by atoms with Gasteiger partial charge in [0, 0.05) is 34.6 Å². The lowest BCUT2D eigenvalue weighted by molar-refractivity contribution is 0.619. The van der Waals surface area contributed by atoms with E-state index in [1.54, 1.807) is 0 Å². The second-order valence-electron chi connectivity index (χ2n) is 12.9. The van der Waals surface area contributed by atoms with Crippen molar-refractivity contribution < 1.29 is 8.83 Å². The molecule has 0 saturated carbocycles. The smallest absolute Gasteiger partial charge is 0.227 e. The fourth-order valence-electron chi connectivity index (χ4n) is 6.91. The molecule has 6 nitrogen and oxygen atoms in total. The number of aromatic nitrogens is 2. The molecule has 9 aromatic rings. The van der Waals surface area contributed by atoms with E-state index in [1.165, 1.54) is 5.56 Å². The molecule has 2 aromatic heterocycles. The zero-order valence-electron chi connectivity index (χ0n) is 28.0. The largest absolute Gasteiger partial charge is 0.436 e. The van der Waals surface area contributed by atoms with Crippen LogP contribution in [0.2, 0.25) is 0 Å². The number of hydrogen-bond donors (Lipinski definition) is 0. The third-order valence-electron chi connectivity index (χ3n) is 9.60. The molecule has 0 spiro atoms. The van der Waals surface area contributed by atoms with Crippen LogP contribution in [0.3, 0.4) is 0 Å². The summed E-state index contributed by atoms with van der Waals surface area (Å²) in [5.41, 5.74) is 14.8. The molecule has 246 valence electrons. The first kappa shape index (κ1) is 29.8. The Morgan fingerprint density at radius 1 is 0.423 bits per heavy atom. The summed E-state index contributed by atoms with van der Waals surface area (Å²) in [5, 5.41) is 0. The first-order valence-electron chi connectivity index (χ1n) is 17.3. The normalized spacial score (nSPS) is 12.3. The average molecular weight is 671 g/mol. The topological polar surface area (TPSA) is 67.7 Å². The van der Waals surface area contributed by atoms with Gasteiger partial charge in [-0.1, -0.05) is 78.9 Å². The van der Waals surface area contributed by atoms with Crippen LogP contribution in [-0.4, -0.2) is 15.7 Å². The predicted octanol–water partition coefficient (Wildman–Crippen LogP) is 12.1. The Morgan fingerprint density at radius 2 is 0.962 bits per heavy atom. The van der Waals surface area contributed by atoms with Crippen LogP contribution < -0.4 is 4.90 Å². The van der Waals surface area contributed by atoms with Gasteiger partial charge in [-0.3, -0.25) is 4.99 Å². The van der Waals surface area contributed by atoms with E-state index in [0.717, 1.165) is 84.9 Å². The highest BCUT2D eigenvalue weighted by Gasteiger charge is 2.19. The molecular weight excluding hydrogens is 641 g/mol. The number of aliphatic imine (C=N–C) groups is 1. The van der Waals surface area contributed by atoms with E-state index in [-0.39, 0.29) is 0 Å². The van der Waals surface area contributed by atoms with E-state index >= 15 is 0 Å². The Bertz CT molecular complexity index is 2710. The Labute approximate surface area is 300 Å². The van der Waals surface area contributed by atoms with Gasteiger partial charge in [0.05, 0.1) is 11.4 Å². The van der Waals surface area contributed by atoms with Crippen molar-refractivity contribution in [3.05, 3.63) is 181 Å². The van der Waals surface area contributed by atoms with Gasteiger partial charge in [-0.15, -0.1) is 0 Å². The molecule has 1 aliphatic heterocycles. The van der Waals surface area contributed by atoms with Crippen molar-refractivity contribution >= 4 is 50.7 Å². The summed E-state index contributed by atoms with van der Waals surface area (Å²) in [7, 11) is 0. The highest BCUT2D eigenvalue weighted by atomic mass is 16.4. The first-order chi connectivity index (χ1) is 25.7. The minimum Gasteiger partial charge on any atom is -0.436 e. The van der Waals surface area contributed by atoms with Crippen molar-refractivity contribution in [3.63, 3.8) is 0 Å². The van der Waals surface area contributed by atoms with Crippen LogP contribution in [0.1, 0.15) is 11.1 Å². The molecule has 0 N–H and O–H groups in total. The van der Waals surface area contributed by atoms with Gasteiger partial charge in [-0.2, -0.15) is 0 Å². The van der Waals surface area contributed by atoms with Gasteiger partial charge < -0.3 is 13.7 Å². The number of hydrogen-bond acceptors (Lipinski definition) is 6. The number of rotatable bonds is 7. The van der Waals surface area contributed by atoms with Crippen LogP contribution in [0, 0.1) is 0 Å². The van der Waals surface area contributed by atoms with Gasteiger partial charge in [0.15, 0.2) is 11.2 Å². The summed E-state index contributed by atoms with van der Waals surface area (Å²) in [6.45, 7) is 0. The molecule has 0 unspecified atom stereocenters. The van der Waals surface area contributed by atoms with E-state index < -0.39 is 0 Å². The summed E-state index contributed by atoms with van der Waals surface area (Å²) in [6.07, 6.45) is 0.835. The van der Waals surface area contributed by atoms with Crippen molar-refractivity contribution in [2.24, 2.45) is 4.99 Å². The number of para-hydroxylation sites is 3. The average Bonchev–Trinajstić information content (AvgIpc) is 3.96. The van der Waals surface area contributed by atoms with Crippen molar-refractivity contribution in [2.45, 2.75) is 6.42 Å². The molecule has 0 fully saturated rings. The number of anilines is 3. The zero-order chi connectivity index (χ0) is 34.4. The third kappa shape index (κ3) is 5.43. The van der Waals surface area contributed by atoms with Gasteiger partial charge in [0.1, 0.15) is 11.0 Å². The maximum absolute atomic E-state index is 6.23. The van der Waals surface area contributed by atoms with Crippen LogP contribution in [0.5, 0.6) is 0 Å². The van der Waals surface area contributed by atoms with Gasteiger partial charge in [-0.05, 0) is 113 Å². The number of benzene rings is 7. The molecule has 6 heteroatoms. The monoisotopic (exact) mass is 670 g/mol. The fraction of sp³-hybridized carbons (Fsp3) is 0.0217. The molecule has 0 amide bonds. The first-order valence-corrected chi connectivity index (χ1v) is 17.3. The maximum Gasteiger partial charge on any atom is 0.227 e. The highest BCUT2D eigenvalue weighted by Crippen LogP contribution is 2.38. The van der Waals surface area contributed by atoms with Crippen LogP contribution in [-0.2, 0) is 6.42 Å². The SMILES string of the molecule is c1ccc(-c2ccc3oc(-c4ccc(N(c5ccc(C6=Nc7ccccc7C6)cc5)c5ccc(-c6nc7ccccc7o6)cc5)cc4)nc3c2)cc1. The van der Waals surface area contributed by atoms with Crippen molar-refractivity contribution in [1.29, 1.82) is 0 Å². The molecule has 7 aromatic carbocycles. The molecule has 10 rings (SSSR count). The summed E-state index contributed by atoms with van der Waals surface area (Å²) in [5.74, 6) is 1.18. The highest BCUT2D eigenvalue weighted by molar-refractivity contribution is 6.06.